The molecule has 0 saturated heterocycles. The SMILES string of the molecule is CSc1ccc([N+](=O)[O-])c(C(=O)O)c1.CSc1ccc2nc[nH]c(=O)c2c1. The first-order valence-corrected chi connectivity index (χ1v) is 9.89. The van der Waals surface area contributed by atoms with Gasteiger partial charge in [0.2, 0.25) is 0 Å². The Morgan fingerprint density at radius 3 is 2.37 bits per heavy atom. The first-order valence-electron chi connectivity index (χ1n) is 7.44. The molecule has 3 aromatic rings. The average Bonchev–Trinajstić information content (AvgIpc) is 2.68. The molecule has 0 bridgehead atoms. The lowest BCUT2D eigenvalue weighted by Gasteiger charge is -2.00. The number of fused-ring (bicyclic) bond motifs is 1. The lowest BCUT2D eigenvalue weighted by molar-refractivity contribution is -0.385. The Bertz CT molecular complexity index is 1050. The molecule has 0 saturated carbocycles. The monoisotopic (exact) mass is 405 g/mol. The van der Waals surface area contributed by atoms with Gasteiger partial charge in [-0.25, -0.2) is 9.78 Å². The summed E-state index contributed by atoms with van der Waals surface area (Å²) in [5, 5.41) is 19.8. The van der Waals surface area contributed by atoms with Crippen molar-refractivity contribution in [3.63, 3.8) is 0 Å². The number of aromatic nitrogens is 2. The standard InChI is InChI=1S/C9H8N2OS.C8H7NO4S/c1-13-6-2-3-8-7(4-6)9(12)11-5-10-8;1-14-5-2-3-7(9(12)13)6(4-5)8(10)11/h2-5H,1H3,(H,10,11,12);2-4H,1H3,(H,10,11). The van der Waals surface area contributed by atoms with Gasteiger partial charge < -0.3 is 10.1 Å². The Morgan fingerprint density at radius 2 is 1.78 bits per heavy atom. The number of carboxylic acids is 1. The van der Waals surface area contributed by atoms with Crippen molar-refractivity contribution in [2.45, 2.75) is 9.79 Å². The van der Waals surface area contributed by atoms with Crippen LogP contribution in [-0.4, -0.2) is 38.5 Å². The van der Waals surface area contributed by atoms with Crippen molar-refractivity contribution in [2.24, 2.45) is 0 Å². The number of hydrogen-bond acceptors (Lipinski definition) is 7. The number of nitrogens with one attached hydrogen (secondary N) is 1. The van der Waals surface area contributed by atoms with E-state index in [0.29, 0.717) is 10.3 Å². The predicted molar refractivity (Wildman–Crippen MR) is 106 cm³/mol. The minimum atomic E-state index is -1.28. The van der Waals surface area contributed by atoms with Crippen LogP contribution in [0.3, 0.4) is 0 Å². The fraction of sp³-hybridized carbons (Fsp3) is 0.118. The zero-order chi connectivity index (χ0) is 20.0. The van der Waals surface area contributed by atoms with Crippen molar-refractivity contribution >= 4 is 46.1 Å². The molecule has 140 valence electrons. The fourth-order valence-electron chi connectivity index (χ4n) is 2.15. The van der Waals surface area contributed by atoms with E-state index >= 15 is 0 Å². The largest absolute Gasteiger partial charge is 0.477 e. The highest BCUT2D eigenvalue weighted by molar-refractivity contribution is 7.98. The van der Waals surface area contributed by atoms with Crippen molar-refractivity contribution in [1.29, 1.82) is 0 Å². The molecule has 2 aromatic carbocycles. The van der Waals surface area contributed by atoms with Gasteiger partial charge in [-0.15, -0.1) is 23.5 Å². The normalized spacial score (nSPS) is 10.1. The molecule has 1 aromatic heterocycles. The van der Waals surface area contributed by atoms with Gasteiger partial charge in [0, 0.05) is 15.9 Å². The number of aromatic amines is 1. The summed E-state index contributed by atoms with van der Waals surface area (Å²) in [5.41, 5.74) is -0.000370. The number of hydrogen-bond donors (Lipinski definition) is 2. The summed E-state index contributed by atoms with van der Waals surface area (Å²) in [4.78, 5) is 40.1. The number of nitro benzene ring substituents is 1. The van der Waals surface area contributed by atoms with Crippen LogP contribution >= 0.6 is 23.5 Å². The Hall–Kier alpha value is -2.85. The lowest BCUT2D eigenvalue weighted by Crippen LogP contribution is -2.05. The first kappa shape index (κ1) is 20.5. The highest BCUT2D eigenvalue weighted by Crippen LogP contribution is 2.24. The van der Waals surface area contributed by atoms with Gasteiger partial charge in [-0.1, -0.05) is 0 Å². The second kappa shape index (κ2) is 9.19. The topological polar surface area (TPSA) is 126 Å². The molecule has 1 heterocycles. The number of aromatic carboxylic acids is 1. The maximum Gasteiger partial charge on any atom is 0.342 e. The highest BCUT2D eigenvalue weighted by atomic mass is 32.2. The number of carboxylic acid groups (broad SMARTS) is 1. The Labute approximate surface area is 162 Å². The van der Waals surface area contributed by atoms with Crippen molar-refractivity contribution in [2.75, 3.05) is 12.5 Å². The predicted octanol–water partition coefficient (Wildman–Crippen LogP) is 3.66. The zero-order valence-electron chi connectivity index (χ0n) is 14.3. The van der Waals surface area contributed by atoms with E-state index in [1.165, 1.54) is 36.3 Å². The van der Waals surface area contributed by atoms with Crippen molar-refractivity contribution < 1.29 is 14.8 Å². The molecule has 10 heteroatoms. The molecule has 0 unspecified atom stereocenters. The van der Waals surface area contributed by atoms with Gasteiger partial charge >= 0.3 is 5.97 Å². The third-order valence-electron chi connectivity index (χ3n) is 3.48. The summed E-state index contributed by atoms with van der Waals surface area (Å²) in [6.45, 7) is 0. The molecule has 0 spiro atoms. The quantitative estimate of drug-likeness (QED) is 0.382. The molecule has 8 nitrogen and oxygen atoms in total. The molecule has 0 aliphatic heterocycles. The average molecular weight is 405 g/mol. The molecule has 0 aliphatic rings. The van der Waals surface area contributed by atoms with E-state index in [1.807, 2.05) is 24.5 Å². The molecular formula is C17H15N3O5S2. The summed E-state index contributed by atoms with van der Waals surface area (Å²) in [6.07, 6.45) is 5.17. The number of benzene rings is 2. The number of nitrogens with zero attached hydrogens (tertiary/aromatic N) is 2. The smallest absolute Gasteiger partial charge is 0.342 e. The molecular weight excluding hydrogens is 390 g/mol. The van der Waals surface area contributed by atoms with Crippen LogP contribution in [-0.2, 0) is 0 Å². The maximum absolute atomic E-state index is 11.3. The van der Waals surface area contributed by atoms with Crippen LogP contribution < -0.4 is 5.56 Å². The van der Waals surface area contributed by atoms with Crippen molar-refractivity contribution in [1.82, 2.24) is 9.97 Å². The van der Waals surface area contributed by atoms with Gasteiger partial charge in [-0.2, -0.15) is 0 Å². The van der Waals surface area contributed by atoms with Gasteiger partial charge in [0.1, 0.15) is 5.56 Å². The number of rotatable bonds is 4. The van der Waals surface area contributed by atoms with E-state index in [0.717, 1.165) is 10.4 Å². The van der Waals surface area contributed by atoms with E-state index in [-0.39, 0.29) is 16.8 Å². The second-order valence-corrected chi connectivity index (χ2v) is 6.82. The maximum atomic E-state index is 11.3. The third kappa shape index (κ3) is 5.08. The molecule has 0 fully saturated rings. The molecule has 27 heavy (non-hydrogen) atoms. The van der Waals surface area contributed by atoms with Crippen LogP contribution in [0.1, 0.15) is 10.4 Å². The summed E-state index contributed by atoms with van der Waals surface area (Å²) in [7, 11) is 0. The van der Waals surface area contributed by atoms with Gasteiger partial charge in [0.15, 0.2) is 0 Å². The van der Waals surface area contributed by atoms with Crippen molar-refractivity contribution in [3.05, 3.63) is 68.8 Å². The van der Waals surface area contributed by atoms with E-state index in [9.17, 15) is 19.7 Å². The highest BCUT2D eigenvalue weighted by Gasteiger charge is 2.19. The lowest BCUT2D eigenvalue weighted by atomic mass is 10.2. The van der Waals surface area contributed by atoms with Crippen LogP contribution in [0.15, 0.2) is 57.3 Å². The summed E-state index contributed by atoms with van der Waals surface area (Å²) in [6, 6.07) is 9.69. The molecule has 0 amide bonds. The number of nitro groups is 1. The molecule has 3 rings (SSSR count). The van der Waals surface area contributed by atoms with Crippen molar-refractivity contribution in [3.8, 4) is 0 Å². The van der Waals surface area contributed by atoms with Crippen LogP contribution in [0.5, 0.6) is 0 Å². The first-order chi connectivity index (χ1) is 12.9. The molecule has 0 aliphatic carbocycles. The summed E-state index contributed by atoms with van der Waals surface area (Å²) in [5.74, 6) is -1.28. The van der Waals surface area contributed by atoms with Gasteiger partial charge in [-0.05, 0) is 42.8 Å². The van der Waals surface area contributed by atoms with Crippen LogP contribution in [0.25, 0.3) is 10.9 Å². The third-order valence-corrected chi connectivity index (χ3v) is 4.93. The minimum absolute atomic E-state index is 0.0825. The van der Waals surface area contributed by atoms with E-state index in [1.54, 1.807) is 18.0 Å². The minimum Gasteiger partial charge on any atom is -0.477 e. The zero-order valence-corrected chi connectivity index (χ0v) is 16.0. The number of thioether (sulfide) groups is 2. The summed E-state index contributed by atoms with van der Waals surface area (Å²) >= 11 is 2.95. The van der Waals surface area contributed by atoms with E-state index < -0.39 is 10.9 Å². The molecule has 0 radical (unpaired) electrons. The Kier molecular flexibility index (Phi) is 6.97. The van der Waals surface area contributed by atoms with Gasteiger partial charge in [-0.3, -0.25) is 14.9 Å². The Balaban J connectivity index is 0.000000194. The second-order valence-electron chi connectivity index (χ2n) is 5.06. The number of carbonyl (C=O) groups is 1. The summed E-state index contributed by atoms with van der Waals surface area (Å²) < 4.78 is 0. The van der Waals surface area contributed by atoms with Gasteiger partial charge in [0.05, 0.1) is 22.2 Å². The number of H-pyrrole nitrogens is 1. The van der Waals surface area contributed by atoms with E-state index in [2.05, 4.69) is 9.97 Å². The van der Waals surface area contributed by atoms with Crippen LogP contribution in [0.2, 0.25) is 0 Å². The van der Waals surface area contributed by atoms with Crippen LogP contribution in [0, 0.1) is 10.1 Å². The van der Waals surface area contributed by atoms with Crippen LogP contribution in [0.4, 0.5) is 5.69 Å². The Morgan fingerprint density at radius 1 is 1.15 bits per heavy atom. The molecule has 2 N–H and O–H groups in total. The fourth-order valence-corrected chi connectivity index (χ4v) is 3.03. The molecule has 0 atom stereocenters. The van der Waals surface area contributed by atoms with Gasteiger partial charge in [0.25, 0.3) is 11.2 Å². The van der Waals surface area contributed by atoms with E-state index in [4.69, 9.17) is 5.11 Å².